The molecule has 1 aliphatic heterocycles. The molecule has 0 saturated carbocycles. The summed E-state index contributed by atoms with van der Waals surface area (Å²) in [6.07, 6.45) is 2.44. The van der Waals surface area contributed by atoms with Crippen LogP contribution in [0.25, 0.3) is 0 Å². The Balaban J connectivity index is 1.69. The van der Waals surface area contributed by atoms with Crippen molar-refractivity contribution in [3.8, 4) is 0 Å². The van der Waals surface area contributed by atoms with E-state index in [1.807, 2.05) is 6.07 Å². The SMILES string of the molecule is Cc1cc(C)c(Nc2ccc(C(=O)N3CCN(C=O)CC3)cn2)c(C)c1. The minimum Gasteiger partial charge on any atom is -0.342 e. The summed E-state index contributed by atoms with van der Waals surface area (Å²) < 4.78 is 0. The van der Waals surface area contributed by atoms with E-state index in [0.717, 1.165) is 23.2 Å². The number of hydrogen-bond acceptors (Lipinski definition) is 4. The van der Waals surface area contributed by atoms with Crippen molar-refractivity contribution in [3.05, 3.63) is 52.7 Å². The summed E-state index contributed by atoms with van der Waals surface area (Å²) in [5.41, 5.74) is 5.17. The van der Waals surface area contributed by atoms with E-state index in [0.29, 0.717) is 37.6 Å². The van der Waals surface area contributed by atoms with Gasteiger partial charge in [0.05, 0.1) is 5.56 Å². The number of benzene rings is 1. The molecule has 1 aliphatic rings. The molecule has 1 aromatic carbocycles. The molecule has 6 heteroatoms. The number of piperazine rings is 1. The first-order valence-electron chi connectivity index (χ1n) is 8.77. The molecule has 2 amide bonds. The molecule has 0 aliphatic carbocycles. The van der Waals surface area contributed by atoms with Gasteiger partial charge in [-0.05, 0) is 44.0 Å². The molecule has 1 saturated heterocycles. The highest BCUT2D eigenvalue weighted by atomic mass is 16.2. The van der Waals surface area contributed by atoms with E-state index in [2.05, 4.69) is 43.2 Å². The van der Waals surface area contributed by atoms with Crippen molar-refractivity contribution in [2.45, 2.75) is 20.8 Å². The average Bonchev–Trinajstić information content (AvgIpc) is 2.64. The highest BCUT2D eigenvalue weighted by Crippen LogP contribution is 2.25. The van der Waals surface area contributed by atoms with Gasteiger partial charge in [-0.25, -0.2) is 4.98 Å². The van der Waals surface area contributed by atoms with Crippen molar-refractivity contribution < 1.29 is 9.59 Å². The van der Waals surface area contributed by atoms with Crippen LogP contribution < -0.4 is 5.32 Å². The van der Waals surface area contributed by atoms with Gasteiger partial charge in [-0.15, -0.1) is 0 Å². The molecular formula is C20H24N4O2. The lowest BCUT2D eigenvalue weighted by Crippen LogP contribution is -2.48. The molecular weight excluding hydrogens is 328 g/mol. The van der Waals surface area contributed by atoms with E-state index in [1.54, 1.807) is 22.1 Å². The number of aromatic nitrogens is 1. The number of hydrogen-bond donors (Lipinski definition) is 1. The Hall–Kier alpha value is -2.89. The third-order valence-electron chi connectivity index (χ3n) is 4.69. The maximum atomic E-state index is 12.6. The van der Waals surface area contributed by atoms with Gasteiger partial charge < -0.3 is 15.1 Å². The van der Waals surface area contributed by atoms with E-state index in [1.165, 1.54) is 5.56 Å². The van der Waals surface area contributed by atoms with Crippen molar-refractivity contribution in [1.29, 1.82) is 0 Å². The van der Waals surface area contributed by atoms with E-state index in [4.69, 9.17) is 0 Å². The molecule has 1 aromatic heterocycles. The predicted molar refractivity (Wildman–Crippen MR) is 102 cm³/mol. The standard InChI is InChI=1S/C20H24N4O2/c1-14-10-15(2)19(16(3)11-14)22-18-5-4-17(12-21-18)20(26)24-8-6-23(13-25)7-9-24/h4-5,10-13H,6-9H2,1-3H3,(H,21,22). The maximum Gasteiger partial charge on any atom is 0.255 e. The van der Waals surface area contributed by atoms with Crippen LogP contribution in [-0.4, -0.2) is 53.3 Å². The molecule has 0 atom stereocenters. The van der Waals surface area contributed by atoms with Crippen molar-refractivity contribution in [2.75, 3.05) is 31.5 Å². The predicted octanol–water partition coefficient (Wildman–Crippen LogP) is 2.66. The van der Waals surface area contributed by atoms with Gasteiger partial charge in [0.1, 0.15) is 5.82 Å². The number of nitrogens with zero attached hydrogens (tertiary/aromatic N) is 3. The number of aryl methyl sites for hydroxylation is 3. The number of nitrogens with one attached hydrogen (secondary N) is 1. The van der Waals surface area contributed by atoms with Crippen LogP contribution in [0.3, 0.4) is 0 Å². The van der Waals surface area contributed by atoms with Gasteiger partial charge in [-0.3, -0.25) is 9.59 Å². The summed E-state index contributed by atoms with van der Waals surface area (Å²) in [4.78, 5) is 31.2. The fourth-order valence-electron chi connectivity index (χ4n) is 3.31. The third kappa shape index (κ3) is 3.85. The van der Waals surface area contributed by atoms with Crippen LogP contribution in [0, 0.1) is 20.8 Å². The minimum atomic E-state index is -0.0442. The third-order valence-corrected chi connectivity index (χ3v) is 4.69. The summed E-state index contributed by atoms with van der Waals surface area (Å²) >= 11 is 0. The molecule has 1 N–H and O–H groups in total. The Morgan fingerprint density at radius 3 is 2.27 bits per heavy atom. The van der Waals surface area contributed by atoms with Gasteiger partial charge >= 0.3 is 0 Å². The maximum absolute atomic E-state index is 12.6. The van der Waals surface area contributed by atoms with Crippen molar-refractivity contribution >= 4 is 23.8 Å². The second-order valence-corrected chi connectivity index (χ2v) is 6.76. The number of anilines is 2. The Bertz CT molecular complexity index is 786. The van der Waals surface area contributed by atoms with Crippen LogP contribution in [0.4, 0.5) is 11.5 Å². The second kappa shape index (κ2) is 7.56. The van der Waals surface area contributed by atoms with Crippen LogP contribution >= 0.6 is 0 Å². The Labute approximate surface area is 153 Å². The quantitative estimate of drug-likeness (QED) is 0.859. The summed E-state index contributed by atoms with van der Waals surface area (Å²) in [5, 5.41) is 3.35. The fraction of sp³-hybridized carbons (Fsp3) is 0.350. The van der Waals surface area contributed by atoms with Crippen molar-refractivity contribution in [3.63, 3.8) is 0 Å². The first-order valence-corrected chi connectivity index (χ1v) is 8.77. The highest BCUT2D eigenvalue weighted by molar-refractivity contribution is 5.94. The Kier molecular flexibility index (Phi) is 5.21. The summed E-state index contributed by atoms with van der Waals surface area (Å²) in [6, 6.07) is 7.88. The zero-order valence-electron chi connectivity index (χ0n) is 15.5. The Morgan fingerprint density at radius 1 is 1.08 bits per heavy atom. The molecule has 3 rings (SSSR count). The van der Waals surface area contributed by atoms with Crippen LogP contribution in [0.15, 0.2) is 30.5 Å². The summed E-state index contributed by atoms with van der Waals surface area (Å²) in [7, 11) is 0. The van der Waals surface area contributed by atoms with E-state index in [-0.39, 0.29) is 5.91 Å². The van der Waals surface area contributed by atoms with Gasteiger partial charge in [0.25, 0.3) is 5.91 Å². The molecule has 1 fully saturated rings. The van der Waals surface area contributed by atoms with Crippen LogP contribution in [-0.2, 0) is 4.79 Å². The number of pyridine rings is 1. The molecule has 0 radical (unpaired) electrons. The first-order chi connectivity index (χ1) is 12.5. The topological polar surface area (TPSA) is 65.5 Å². The van der Waals surface area contributed by atoms with Gasteiger partial charge in [0, 0.05) is 38.1 Å². The van der Waals surface area contributed by atoms with Gasteiger partial charge in [-0.1, -0.05) is 17.7 Å². The van der Waals surface area contributed by atoms with Gasteiger partial charge in [0.15, 0.2) is 0 Å². The lowest BCUT2D eigenvalue weighted by molar-refractivity contribution is -0.119. The second-order valence-electron chi connectivity index (χ2n) is 6.76. The van der Waals surface area contributed by atoms with E-state index >= 15 is 0 Å². The normalized spacial score (nSPS) is 14.3. The molecule has 2 heterocycles. The van der Waals surface area contributed by atoms with Crippen molar-refractivity contribution in [2.24, 2.45) is 0 Å². The van der Waals surface area contributed by atoms with Gasteiger partial charge in [0.2, 0.25) is 6.41 Å². The zero-order valence-corrected chi connectivity index (χ0v) is 15.5. The fourth-order valence-corrected chi connectivity index (χ4v) is 3.31. The molecule has 2 aromatic rings. The largest absolute Gasteiger partial charge is 0.342 e. The summed E-state index contributed by atoms with van der Waals surface area (Å²) in [5.74, 6) is 0.666. The first kappa shape index (κ1) is 17.9. The smallest absolute Gasteiger partial charge is 0.255 e. The minimum absolute atomic E-state index is 0.0442. The van der Waals surface area contributed by atoms with E-state index < -0.39 is 0 Å². The molecule has 6 nitrogen and oxygen atoms in total. The zero-order chi connectivity index (χ0) is 18.7. The average molecular weight is 352 g/mol. The Morgan fingerprint density at radius 2 is 1.73 bits per heavy atom. The number of amides is 2. The number of carbonyl (C=O) groups is 2. The molecule has 0 spiro atoms. The van der Waals surface area contributed by atoms with Crippen molar-refractivity contribution in [1.82, 2.24) is 14.8 Å². The van der Waals surface area contributed by atoms with Crippen LogP contribution in [0.1, 0.15) is 27.0 Å². The number of carbonyl (C=O) groups excluding carboxylic acids is 2. The molecule has 26 heavy (non-hydrogen) atoms. The van der Waals surface area contributed by atoms with Crippen LogP contribution in [0.2, 0.25) is 0 Å². The van der Waals surface area contributed by atoms with Crippen LogP contribution in [0.5, 0.6) is 0 Å². The lowest BCUT2D eigenvalue weighted by atomic mass is 10.1. The lowest BCUT2D eigenvalue weighted by Gasteiger charge is -2.32. The number of rotatable bonds is 4. The van der Waals surface area contributed by atoms with E-state index in [9.17, 15) is 9.59 Å². The highest BCUT2D eigenvalue weighted by Gasteiger charge is 2.21. The molecule has 0 unspecified atom stereocenters. The summed E-state index contributed by atoms with van der Waals surface area (Å²) in [6.45, 7) is 8.48. The molecule has 136 valence electrons. The van der Waals surface area contributed by atoms with Gasteiger partial charge in [-0.2, -0.15) is 0 Å². The molecule has 0 bridgehead atoms. The monoisotopic (exact) mass is 352 g/mol.